The average Bonchev–Trinajstić information content (AvgIpc) is 2.92. The molecule has 0 aliphatic heterocycles. The first-order valence-electron chi connectivity index (χ1n) is 6.59. The number of hydrogen-bond donors (Lipinski definition) is 0. The molecule has 21 heavy (non-hydrogen) atoms. The first-order chi connectivity index (χ1) is 10.3. The Morgan fingerprint density at radius 1 is 1.00 bits per heavy atom. The lowest BCUT2D eigenvalue weighted by Crippen LogP contribution is -1.91. The van der Waals surface area contributed by atoms with Crippen molar-refractivity contribution < 1.29 is 4.74 Å². The molecule has 5 heteroatoms. The van der Waals surface area contributed by atoms with Crippen LogP contribution < -0.4 is 4.74 Å². The summed E-state index contributed by atoms with van der Waals surface area (Å²) < 4.78 is 6.95. The van der Waals surface area contributed by atoms with E-state index in [4.69, 9.17) is 4.74 Å². The van der Waals surface area contributed by atoms with Gasteiger partial charge in [0.2, 0.25) is 0 Å². The number of aromatic nitrogens is 4. The van der Waals surface area contributed by atoms with Crippen molar-refractivity contribution in [2.75, 3.05) is 7.11 Å². The largest absolute Gasteiger partial charge is 0.497 e. The molecule has 0 aliphatic rings. The van der Waals surface area contributed by atoms with E-state index in [1.165, 1.54) is 0 Å². The Kier molecular flexibility index (Phi) is 2.57. The summed E-state index contributed by atoms with van der Waals surface area (Å²) >= 11 is 0. The lowest BCUT2D eigenvalue weighted by atomic mass is 10.1. The van der Waals surface area contributed by atoms with E-state index in [1.807, 2.05) is 48.8 Å². The molecule has 3 heterocycles. The van der Waals surface area contributed by atoms with Gasteiger partial charge in [0.15, 0.2) is 11.3 Å². The maximum Gasteiger partial charge on any atom is 0.183 e. The van der Waals surface area contributed by atoms with E-state index in [0.717, 1.165) is 27.9 Å². The van der Waals surface area contributed by atoms with Crippen molar-refractivity contribution in [3.8, 4) is 16.9 Å². The van der Waals surface area contributed by atoms with Gasteiger partial charge in [-0.05, 0) is 29.8 Å². The van der Waals surface area contributed by atoms with Crippen molar-refractivity contribution in [1.82, 2.24) is 19.6 Å². The number of ether oxygens (including phenoxy) is 1. The van der Waals surface area contributed by atoms with E-state index < -0.39 is 0 Å². The topological polar surface area (TPSA) is 52.3 Å². The van der Waals surface area contributed by atoms with Gasteiger partial charge in [-0.1, -0.05) is 12.1 Å². The second-order valence-corrected chi connectivity index (χ2v) is 4.71. The number of rotatable bonds is 2. The van der Waals surface area contributed by atoms with Crippen LogP contribution in [0.4, 0.5) is 0 Å². The van der Waals surface area contributed by atoms with Gasteiger partial charge >= 0.3 is 0 Å². The summed E-state index contributed by atoms with van der Waals surface area (Å²) in [5.41, 5.74) is 3.59. The van der Waals surface area contributed by atoms with Gasteiger partial charge in [-0.25, -0.2) is 14.5 Å². The van der Waals surface area contributed by atoms with Crippen LogP contribution in [0.15, 0.2) is 55.0 Å². The van der Waals surface area contributed by atoms with Gasteiger partial charge in [0.05, 0.1) is 12.5 Å². The Morgan fingerprint density at radius 2 is 1.86 bits per heavy atom. The fourth-order valence-corrected chi connectivity index (χ4v) is 2.37. The molecule has 5 nitrogen and oxygen atoms in total. The first kappa shape index (κ1) is 11.8. The predicted molar refractivity (Wildman–Crippen MR) is 80.3 cm³/mol. The fourth-order valence-electron chi connectivity index (χ4n) is 2.37. The summed E-state index contributed by atoms with van der Waals surface area (Å²) in [6.45, 7) is 0. The quantitative estimate of drug-likeness (QED) is 0.565. The monoisotopic (exact) mass is 276 g/mol. The second kappa shape index (κ2) is 4.56. The predicted octanol–water partition coefficient (Wildman–Crippen LogP) is 2.95. The third-order valence-electron chi connectivity index (χ3n) is 3.46. The molecule has 0 atom stereocenters. The highest BCUT2D eigenvalue weighted by atomic mass is 16.5. The SMILES string of the molecule is COc1ccc(-c2cnc3c4cccnc4nn3c2)cc1. The molecule has 102 valence electrons. The molecule has 4 aromatic rings. The maximum absolute atomic E-state index is 5.17. The van der Waals surface area contributed by atoms with Crippen LogP contribution in [-0.2, 0) is 0 Å². The minimum Gasteiger partial charge on any atom is -0.497 e. The Morgan fingerprint density at radius 3 is 2.67 bits per heavy atom. The Bertz CT molecular complexity index is 928. The van der Waals surface area contributed by atoms with E-state index in [1.54, 1.807) is 17.8 Å². The van der Waals surface area contributed by atoms with Crippen molar-refractivity contribution in [1.29, 1.82) is 0 Å². The van der Waals surface area contributed by atoms with Crippen LogP contribution in [-0.4, -0.2) is 26.7 Å². The van der Waals surface area contributed by atoms with E-state index >= 15 is 0 Å². The van der Waals surface area contributed by atoms with Crippen molar-refractivity contribution in [2.24, 2.45) is 0 Å². The average molecular weight is 276 g/mol. The van der Waals surface area contributed by atoms with Gasteiger partial charge in [0.25, 0.3) is 0 Å². The van der Waals surface area contributed by atoms with Crippen molar-refractivity contribution >= 4 is 16.7 Å². The van der Waals surface area contributed by atoms with Crippen LogP contribution in [0.3, 0.4) is 0 Å². The zero-order valence-corrected chi connectivity index (χ0v) is 11.4. The minimum atomic E-state index is 0.705. The molecular formula is C16H12N4O. The van der Waals surface area contributed by atoms with Gasteiger partial charge in [-0.15, -0.1) is 5.10 Å². The van der Waals surface area contributed by atoms with E-state index in [2.05, 4.69) is 15.1 Å². The molecule has 3 aromatic heterocycles. The summed E-state index contributed by atoms with van der Waals surface area (Å²) in [6.07, 6.45) is 5.55. The summed E-state index contributed by atoms with van der Waals surface area (Å²) in [5.74, 6) is 0.835. The third-order valence-corrected chi connectivity index (χ3v) is 3.46. The molecule has 0 spiro atoms. The molecule has 1 aromatic carbocycles. The van der Waals surface area contributed by atoms with E-state index in [9.17, 15) is 0 Å². The number of nitrogens with zero attached hydrogens (tertiary/aromatic N) is 4. The second-order valence-electron chi connectivity index (χ2n) is 4.71. The van der Waals surface area contributed by atoms with Crippen molar-refractivity contribution in [2.45, 2.75) is 0 Å². The normalized spacial score (nSPS) is 11.1. The van der Waals surface area contributed by atoms with Gasteiger partial charge < -0.3 is 4.74 Å². The highest BCUT2D eigenvalue weighted by Crippen LogP contribution is 2.23. The standard InChI is InChI=1S/C16H12N4O/c1-21-13-6-4-11(5-7-13)12-9-18-16-14-3-2-8-17-15(14)19-20(16)10-12/h2-10H,1H3. The molecule has 0 aliphatic carbocycles. The number of pyridine rings is 1. The number of fused-ring (bicyclic) bond motifs is 3. The van der Waals surface area contributed by atoms with Crippen LogP contribution in [0.2, 0.25) is 0 Å². The molecule has 0 saturated heterocycles. The summed E-state index contributed by atoms with van der Waals surface area (Å²) in [4.78, 5) is 8.77. The van der Waals surface area contributed by atoms with Crippen LogP contribution in [0.5, 0.6) is 5.75 Å². The Labute approximate surface area is 120 Å². The number of methoxy groups -OCH3 is 1. The Hall–Kier alpha value is -2.95. The molecule has 4 rings (SSSR count). The molecule has 0 amide bonds. The van der Waals surface area contributed by atoms with Crippen LogP contribution in [0.1, 0.15) is 0 Å². The van der Waals surface area contributed by atoms with Gasteiger partial charge in [-0.2, -0.15) is 0 Å². The minimum absolute atomic E-state index is 0.705. The Balaban J connectivity index is 1.87. The lowest BCUT2D eigenvalue weighted by Gasteiger charge is -2.03. The summed E-state index contributed by atoms with van der Waals surface area (Å²) in [6, 6.07) is 11.7. The third kappa shape index (κ3) is 1.90. The van der Waals surface area contributed by atoms with Crippen LogP contribution >= 0.6 is 0 Å². The highest BCUT2D eigenvalue weighted by molar-refractivity contribution is 5.89. The molecule has 0 bridgehead atoms. The zero-order chi connectivity index (χ0) is 14.2. The van der Waals surface area contributed by atoms with Crippen molar-refractivity contribution in [3.05, 3.63) is 55.0 Å². The smallest absolute Gasteiger partial charge is 0.183 e. The van der Waals surface area contributed by atoms with E-state index in [0.29, 0.717) is 5.65 Å². The van der Waals surface area contributed by atoms with Gasteiger partial charge in [0, 0.05) is 24.2 Å². The molecule has 0 radical (unpaired) electrons. The number of benzene rings is 1. The zero-order valence-electron chi connectivity index (χ0n) is 11.4. The van der Waals surface area contributed by atoms with Gasteiger partial charge in [-0.3, -0.25) is 0 Å². The van der Waals surface area contributed by atoms with Crippen LogP contribution in [0.25, 0.3) is 27.8 Å². The fraction of sp³-hybridized carbons (Fsp3) is 0.0625. The maximum atomic E-state index is 5.17. The van der Waals surface area contributed by atoms with Gasteiger partial charge in [0.1, 0.15) is 5.75 Å². The molecule has 0 unspecified atom stereocenters. The number of hydrogen-bond acceptors (Lipinski definition) is 4. The first-order valence-corrected chi connectivity index (χ1v) is 6.59. The molecule has 0 N–H and O–H groups in total. The summed E-state index contributed by atoms with van der Waals surface area (Å²) in [7, 11) is 1.66. The molecule has 0 fully saturated rings. The summed E-state index contributed by atoms with van der Waals surface area (Å²) in [5, 5.41) is 5.41. The molecular weight excluding hydrogens is 264 g/mol. The van der Waals surface area contributed by atoms with Crippen molar-refractivity contribution in [3.63, 3.8) is 0 Å². The molecule has 0 saturated carbocycles. The highest BCUT2D eigenvalue weighted by Gasteiger charge is 2.08. The lowest BCUT2D eigenvalue weighted by molar-refractivity contribution is 0.415. The van der Waals surface area contributed by atoms with E-state index in [-0.39, 0.29) is 0 Å². The van der Waals surface area contributed by atoms with Crippen LogP contribution in [0, 0.1) is 0 Å².